The van der Waals surface area contributed by atoms with Crippen LogP contribution in [0.3, 0.4) is 0 Å². The predicted molar refractivity (Wildman–Crippen MR) is 138 cm³/mol. The maximum absolute atomic E-state index is 14.5. The topological polar surface area (TPSA) is 63.1 Å². The smallest absolute Gasteiger partial charge is 0.230 e. The van der Waals surface area contributed by atoms with E-state index in [1.54, 1.807) is 22.8 Å². The summed E-state index contributed by atoms with van der Waals surface area (Å²) in [6.07, 6.45) is 0.843. The fraction of sp³-hybridized carbons (Fsp3) is 0.222. The van der Waals surface area contributed by atoms with Gasteiger partial charge in [0.25, 0.3) is 0 Å². The van der Waals surface area contributed by atoms with Crippen LogP contribution >= 0.6 is 11.8 Å². The monoisotopic (exact) mass is 489 g/mol. The fourth-order valence-electron chi connectivity index (χ4n) is 3.73. The van der Waals surface area contributed by atoms with E-state index in [4.69, 9.17) is 0 Å². The Hall–Kier alpha value is -3.49. The molecule has 1 aromatic heterocycles. The van der Waals surface area contributed by atoms with Crippen molar-refractivity contribution >= 4 is 17.7 Å². The van der Waals surface area contributed by atoms with Crippen LogP contribution in [0.5, 0.6) is 0 Å². The highest BCUT2D eigenvalue weighted by atomic mass is 32.2. The number of nitrogens with one attached hydrogen (secondary N) is 1. The second-order valence-electron chi connectivity index (χ2n) is 8.36. The third kappa shape index (κ3) is 6.35. The van der Waals surface area contributed by atoms with Crippen molar-refractivity contribution in [3.8, 4) is 17.1 Å². The van der Waals surface area contributed by atoms with Crippen LogP contribution in [0, 0.1) is 5.82 Å². The summed E-state index contributed by atoms with van der Waals surface area (Å²) < 4.78 is 16.3. The van der Waals surface area contributed by atoms with Gasteiger partial charge in [0.05, 0.1) is 11.3 Å². The predicted octanol–water partition coefficient (Wildman–Crippen LogP) is 4.45. The number of thioether (sulfide) groups is 1. The zero-order valence-corrected chi connectivity index (χ0v) is 20.6. The molecule has 0 bridgehead atoms. The van der Waals surface area contributed by atoms with E-state index in [0.29, 0.717) is 23.1 Å². The van der Waals surface area contributed by atoms with Crippen LogP contribution in [0.25, 0.3) is 17.1 Å². The van der Waals surface area contributed by atoms with Crippen LogP contribution < -0.4 is 5.32 Å². The highest BCUT2D eigenvalue weighted by Crippen LogP contribution is 2.29. The largest absolute Gasteiger partial charge is 0.354 e. The van der Waals surface area contributed by atoms with Gasteiger partial charge in [-0.05, 0) is 50.3 Å². The van der Waals surface area contributed by atoms with E-state index in [-0.39, 0.29) is 23.5 Å². The molecule has 35 heavy (non-hydrogen) atoms. The molecule has 0 spiro atoms. The number of likely N-dealkylation sites (N-methyl/N-ethyl adjacent to an activating group) is 1. The van der Waals surface area contributed by atoms with Gasteiger partial charge in [-0.2, -0.15) is 0 Å². The number of rotatable bonds is 10. The van der Waals surface area contributed by atoms with Gasteiger partial charge in [-0.1, -0.05) is 72.4 Å². The van der Waals surface area contributed by atoms with Gasteiger partial charge < -0.3 is 10.2 Å². The Bertz CT molecular complexity index is 1250. The average molecular weight is 490 g/mol. The summed E-state index contributed by atoms with van der Waals surface area (Å²) in [6, 6.07) is 26.4. The van der Waals surface area contributed by atoms with Crippen LogP contribution in [0.4, 0.5) is 4.39 Å². The maximum Gasteiger partial charge on any atom is 0.230 e. The zero-order chi connectivity index (χ0) is 24.6. The van der Waals surface area contributed by atoms with Crippen LogP contribution in [-0.4, -0.2) is 58.0 Å². The molecule has 4 rings (SSSR count). The highest BCUT2D eigenvalue weighted by Gasteiger charge is 2.20. The van der Waals surface area contributed by atoms with Gasteiger partial charge in [0.2, 0.25) is 5.91 Å². The van der Waals surface area contributed by atoms with Crippen molar-refractivity contribution in [3.05, 3.63) is 96.3 Å². The first-order valence-corrected chi connectivity index (χ1v) is 12.4. The van der Waals surface area contributed by atoms with E-state index >= 15 is 0 Å². The second-order valence-corrected chi connectivity index (χ2v) is 9.30. The van der Waals surface area contributed by atoms with Gasteiger partial charge in [-0.3, -0.25) is 9.36 Å². The summed E-state index contributed by atoms with van der Waals surface area (Å²) in [5.74, 6) is 0.102. The number of hydrogen-bond donors (Lipinski definition) is 1. The van der Waals surface area contributed by atoms with Gasteiger partial charge >= 0.3 is 0 Å². The summed E-state index contributed by atoms with van der Waals surface area (Å²) in [6.45, 7) is 0.535. The molecule has 8 heteroatoms. The molecule has 0 aliphatic rings. The standard InChI is InChI=1S/C27H28FN5OS/c1-32(2)22(17-20-11-5-3-6-12-20)18-29-25(34)19-35-27-31-30-26(23-15-9-10-16-24(23)28)33(27)21-13-7-4-8-14-21/h3-16,22H,17-19H2,1-2H3,(H,29,34)/t22-/m0/s1. The molecule has 1 amide bonds. The third-order valence-corrected chi connectivity index (χ3v) is 6.60. The Morgan fingerprint density at radius 2 is 1.63 bits per heavy atom. The van der Waals surface area contributed by atoms with Crippen molar-refractivity contribution in [1.29, 1.82) is 0 Å². The van der Waals surface area contributed by atoms with E-state index in [9.17, 15) is 9.18 Å². The number of amides is 1. The number of nitrogens with zero attached hydrogens (tertiary/aromatic N) is 4. The Labute approximate surface area is 209 Å². The third-order valence-electron chi connectivity index (χ3n) is 5.67. The lowest BCUT2D eigenvalue weighted by Crippen LogP contribution is -2.42. The molecule has 0 aliphatic heterocycles. The molecule has 180 valence electrons. The van der Waals surface area contributed by atoms with Gasteiger partial charge in [-0.25, -0.2) is 4.39 Å². The Balaban J connectivity index is 1.45. The minimum absolute atomic E-state index is 0.0926. The summed E-state index contributed by atoms with van der Waals surface area (Å²) in [4.78, 5) is 14.8. The quantitative estimate of drug-likeness (QED) is 0.334. The Kier molecular flexibility index (Phi) is 8.28. The second kappa shape index (κ2) is 11.8. The maximum atomic E-state index is 14.5. The van der Waals surface area contributed by atoms with Gasteiger partial charge in [0.1, 0.15) is 5.82 Å². The molecule has 4 aromatic rings. The lowest BCUT2D eigenvalue weighted by molar-refractivity contribution is -0.118. The van der Waals surface area contributed by atoms with E-state index in [1.807, 2.05) is 62.6 Å². The molecular formula is C27H28FN5OS. The first-order chi connectivity index (χ1) is 17.0. The van der Waals surface area contributed by atoms with Crippen molar-refractivity contribution in [2.24, 2.45) is 0 Å². The van der Waals surface area contributed by atoms with Gasteiger partial charge in [0, 0.05) is 18.3 Å². The molecule has 3 aromatic carbocycles. The molecule has 0 radical (unpaired) electrons. The lowest BCUT2D eigenvalue weighted by Gasteiger charge is -2.24. The summed E-state index contributed by atoms with van der Waals surface area (Å²) in [7, 11) is 4.03. The zero-order valence-electron chi connectivity index (χ0n) is 19.8. The van der Waals surface area contributed by atoms with Crippen LogP contribution in [0.1, 0.15) is 5.56 Å². The van der Waals surface area contributed by atoms with Crippen molar-refractivity contribution in [3.63, 3.8) is 0 Å². The minimum atomic E-state index is -0.375. The Morgan fingerprint density at radius 1 is 0.971 bits per heavy atom. The van der Waals surface area contributed by atoms with Gasteiger partial charge in [0.15, 0.2) is 11.0 Å². The SMILES string of the molecule is CN(C)[C@H](CNC(=O)CSc1nnc(-c2ccccc2F)n1-c1ccccc1)Cc1ccccc1. The Morgan fingerprint density at radius 3 is 2.31 bits per heavy atom. The number of carbonyl (C=O) groups excluding carboxylic acids is 1. The number of aromatic nitrogens is 3. The molecule has 0 fully saturated rings. The van der Waals surface area contributed by atoms with Crippen molar-refractivity contribution < 1.29 is 9.18 Å². The van der Waals surface area contributed by atoms with Crippen molar-refractivity contribution in [2.75, 3.05) is 26.4 Å². The lowest BCUT2D eigenvalue weighted by atomic mass is 10.1. The number of hydrogen-bond acceptors (Lipinski definition) is 5. The van der Waals surface area contributed by atoms with Gasteiger partial charge in [-0.15, -0.1) is 10.2 Å². The summed E-state index contributed by atoms with van der Waals surface area (Å²) in [5.41, 5.74) is 2.38. The van der Waals surface area contributed by atoms with Crippen molar-refractivity contribution in [1.82, 2.24) is 25.0 Å². The molecular weight excluding hydrogens is 461 g/mol. The molecule has 0 saturated heterocycles. The van der Waals surface area contributed by atoms with E-state index in [0.717, 1.165) is 12.1 Å². The average Bonchev–Trinajstić information content (AvgIpc) is 3.30. The number of para-hydroxylation sites is 1. The molecule has 1 heterocycles. The molecule has 1 N–H and O–H groups in total. The minimum Gasteiger partial charge on any atom is -0.354 e. The van der Waals surface area contributed by atoms with Crippen LogP contribution in [0.2, 0.25) is 0 Å². The van der Waals surface area contributed by atoms with E-state index in [2.05, 4.69) is 32.5 Å². The van der Waals surface area contributed by atoms with Crippen LogP contribution in [-0.2, 0) is 11.2 Å². The number of benzene rings is 3. The number of halogens is 1. The van der Waals surface area contributed by atoms with Crippen molar-refractivity contribution in [2.45, 2.75) is 17.6 Å². The molecule has 6 nitrogen and oxygen atoms in total. The number of carbonyl (C=O) groups is 1. The normalized spacial score (nSPS) is 12.0. The molecule has 0 saturated carbocycles. The van der Waals surface area contributed by atoms with E-state index in [1.165, 1.54) is 23.4 Å². The molecule has 0 unspecified atom stereocenters. The fourth-order valence-corrected chi connectivity index (χ4v) is 4.51. The first-order valence-electron chi connectivity index (χ1n) is 11.4. The molecule has 0 aliphatic carbocycles. The van der Waals surface area contributed by atoms with E-state index < -0.39 is 0 Å². The van der Waals surface area contributed by atoms with Crippen LogP contribution in [0.15, 0.2) is 90.1 Å². The first kappa shape index (κ1) is 24.6. The summed E-state index contributed by atoms with van der Waals surface area (Å²) in [5, 5.41) is 12.1. The molecule has 1 atom stereocenters. The summed E-state index contributed by atoms with van der Waals surface area (Å²) >= 11 is 1.28. The highest BCUT2D eigenvalue weighted by molar-refractivity contribution is 7.99.